The van der Waals surface area contributed by atoms with Crippen molar-refractivity contribution in [3.05, 3.63) is 50.6 Å². The van der Waals surface area contributed by atoms with E-state index >= 15 is 0 Å². The van der Waals surface area contributed by atoms with Crippen molar-refractivity contribution in [2.24, 2.45) is 0 Å². The zero-order valence-corrected chi connectivity index (χ0v) is 11.0. The molecule has 0 saturated carbocycles. The Morgan fingerprint density at radius 1 is 1.24 bits per heavy atom. The van der Waals surface area contributed by atoms with E-state index in [0.717, 1.165) is 8.66 Å². The molecule has 0 radical (unpaired) electrons. The summed E-state index contributed by atoms with van der Waals surface area (Å²) in [6.45, 7) is 0. The van der Waals surface area contributed by atoms with Gasteiger partial charge in [-0.05, 0) is 40.2 Å². The third-order valence-corrected chi connectivity index (χ3v) is 4.16. The molecule has 5 heteroatoms. The first-order chi connectivity index (χ1) is 8.24. The van der Waals surface area contributed by atoms with Gasteiger partial charge in [0.05, 0.1) is 14.2 Å². The fraction of sp³-hybridized carbons (Fsp3) is 0.0833. The Labute approximate surface area is 111 Å². The van der Waals surface area contributed by atoms with Gasteiger partial charge in [0.2, 0.25) is 6.23 Å². The topological polar surface area (TPSA) is 38.3 Å². The molecule has 1 amide bonds. The molecule has 1 aromatic carbocycles. The SMILES string of the molecule is O=C1N[C@@H](c2ccc(Br)s2)Oc2ccccc21. The molecular formula is C12H8BrNO2S. The van der Waals surface area contributed by atoms with Gasteiger partial charge in [-0.2, -0.15) is 0 Å². The molecule has 1 aromatic heterocycles. The molecule has 1 N–H and O–H groups in total. The Morgan fingerprint density at radius 3 is 2.82 bits per heavy atom. The summed E-state index contributed by atoms with van der Waals surface area (Å²) in [4.78, 5) is 12.8. The van der Waals surface area contributed by atoms with Gasteiger partial charge in [-0.1, -0.05) is 12.1 Å². The first kappa shape index (κ1) is 10.8. The molecule has 0 unspecified atom stereocenters. The Bertz CT molecular complexity index is 581. The van der Waals surface area contributed by atoms with Gasteiger partial charge in [0.25, 0.3) is 5.91 Å². The Kier molecular flexibility index (Phi) is 2.64. The first-order valence-electron chi connectivity index (χ1n) is 5.06. The number of nitrogens with one attached hydrogen (secondary N) is 1. The normalized spacial score (nSPS) is 18.2. The van der Waals surface area contributed by atoms with Crippen molar-refractivity contribution >= 4 is 33.2 Å². The number of hydrogen-bond donors (Lipinski definition) is 1. The molecule has 17 heavy (non-hydrogen) atoms. The molecule has 0 saturated heterocycles. The van der Waals surface area contributed by atoms with E-state index in [4.69, 9.17) is 4.74 Å². The molecule has 0 bridgehead atoms. The van der Waals surface area contributed by atoms with Crippen LogP contribution in [-0.2, 0) is 0 Å². The number of rotatable bonds is 1. The number of ether oxygens (including phenoxy) is 1. The van der Waals surface area contributed by atoms with Gasteiger partial charge < -0.3 is 10.1 Å². The summed E-state index contributed by atoms with van der Waals surface area (Å²) in [5.41, 5.74) is 0.583. The van der Waals surface area contributed by atoms with E-state index in [1.165, 1.54) is 0 Å². The molecule has 2 aromatic rings. The minimum atomic E-state index is -0.395. The van der Waals surface area contributed by atoms with E-state index in [-0.39, 0.29) is 5.91 Å². The number of thiophene rings is 1. The molecule has 1 atom stereocenters. The maximum absolute atomic E-state index is 11.9. The molecule has 3 nitrogen and oxygen atoms in total. The van der Waals surface area contributed by atoms with Gasteiger partial charge in [0.1, 0.15) is 5.75 Å². The summed E-state index contributed by atoms with van der Waals surface area (Å²) < 4.78 is 6.78. The second kappa shape index (κ2) is 4.16. The van der Waals surface area contributed by atoms with Crippen molar-refractivity contribution < 1.29 is 9.53 Å². The van der Waals surface area contributed by atoms with Gasteiger partial charge in [-0.15, -0.1) is 11.3 Å². The lowest BCUT2D eigenvalue weighted by Gasteiger charge is -2.25. The van der Waals surface area contributed by atoms with E-state index < -0.39 is 6.23 Å². The summed E-state index contributed by atoms with van der Waals surface area (Å²) in [6.07, 6.45) is -0.395. The molecule has 0 spiro atoms. The van der Waals surface area contributed by atoms with Crippen LogP contribution in [0.15, 0.2) is 40.2 Å². The van der Waals surface area contributed by atoms with Gasteiger partial charge in [0, 0.05) is 0 Å². The van der Waals surface area contributed by atoms with E-state index in [9.17, 15) is 4.79 Å². The van der Waals surface area contributed by atoms with E-state index in [2.05, 4.69) is 21.2 Å². The number of fused-ring (bicyclic) bond motifs is 1. The highest BCUT2D eigenvalue weighted by atomic mass is 79.9. The van der Waals surface area contributed by atoms with Crippen LogP contribution < -0.4 is 10.1 Å². The number of carbonyl (C=O) groups excluding carboxylic acids is 1. The second-order valence-corrected chi connectivity index (χ2v) is 6.10. The van der Waals surface area contributed by atoms with Crippen LogP contribution >= 0.6 is 27.3 Å². The van der Waals surface area contributed by atoms with Crippen molar-refractivity contribution in [3.63, 3.8) is 0 Å². The van der Waals surface area contributed by atoms with Gasteiger partial charge in [-0.3, -0.25) is 4.79 Å². The average Bonchev–Trinajstić information content (AvgIpc) is 2.76. The quantitative estimate of drug-likeness (QED) is 0.877. The van der Waals surface area contributed by atoms with Crippen LogP contribution in [0.3, 0.4) is 0 Å². The second-order valence-electron chi connectivity index (χ2n) is 3.61. The zero-order chi connectivity index (χ0) is 11.8. The molecule has 0 aliphatic carbocycles. The van der Waals surface area contributed by atoms with Crippen molar-refractivity contribution in [1.82, 2.24) is 5.32 Å². The van der Waals surface area contributed by atoms with Crippen LogP contribution in [0.1, 0.15) is 21.5 Å². The smallest absolute Gasteiger partial charge is 0.258 e. The molecule has 0 fully saturated rings. The summed E-state index contributed by atoms with van der Waals surface area (Å²) in [5.74, 6) is 0.534. The van der Waals surface area contributed by atoms with Crippen LogP contribution in [-0.4, -0.2) is 5.91 Å². The average molecular weight is 310 g/mol. The Balaban J connectivity index is 1.96. The minimum absolute atomic E-state index is 0.0960. The lowest BCUT2D eigenvalue weighted by molar-refractivity contribution is 0.0762. The van der Waals surface area contributed by atoms with E-state index in [1.54, 1.807) is 17.4 Å². The van der Waals surface area contributed by atoms with Crippen molar-refractivity contribution in [2.45, 2.75) is 6.23 Å². The van der Waals surface area contributed by atoms with Crippen LogP contribution in [0.25, 0.3) is 0 Å². The summed E-state index contributed by atoms with van der Waals surface area (Å²) in [7, 11) is 0. The van der Waals surface area contributed by atoms with Gasteiger partial charge in [-0.25, -0.2) is 0 Å². The van der Waals surface area contributed by atoms with Crippen molar-refractivity contribution in [1.29, 1.82) is 0 Å². The van der Waals surface area contributed by atoms with Crippen LogP contribution in [0.2, 0.25) is 0 Å². The predicted molar refractivity (Wildman–Crippen MR) is 69.3 cm³/mol. The number of para-hydroxylation sites is 1. The molecule has 1 aliphatic rings. The number of amides is 1. The maximum atomic E-state index is 11.9. The molecule has 2 heterocycles. The summed E-state index contributed by atoms with van der Waals surface area (Å²) in [5, 5.41) is 2.83. The highest BCUT2D eigenvalue weighted by molar-refractivity contribution is 9.11. The van der Waals surface area contributed by atoms with Crippen LogP contribution in [0, 0.1) is 0 Å². The third kappa shape index (κ3) is 1.96. The first-order valence-corrected chi connectivity index (χ1v) is 6.67. The number of benzene rings is 1. The lowest BCUT2D eigenvalue weighted by Crippen LogP contribution is -2.36. The molecule has 3 rings (SSSR count). The van der Waals surface area contributed by atoms with Crippen LogP contribution in [0.5, 0.6) is 5.75 Å². The largest absolute Gasteiger partial charge is 0.465 e. The Hall–Kier alpha value is -1.33. The highest BCUT2D eigenvalue weighted by Gasteiger charge is 2.26. The van der Waals surface area contributed by atoms with Crippen molar-refractivity contribution in [3.8, 4) is 5.75 Å². The molecular weight excluding hydrogens is 302 g/mol. The van der Waals surface area contributed by atoms with Gasteiger partial charge >= 0.3 is 0 Å². The maximum Gasteiger partial charge on any atom is 0.258 e. The summed E-state index contributed by atoms with van der Waals surface area (Å²) in [6, 6.07) is 11.1. The highest BCUT2D eigenvalue weighted by Crippen LogP contribution is 2.33. The fourth-order valence-corrected chi connectivity index (χ4v) is 3.11. The number of carbonyl (C=O) groups is 1. The fourth-order valence-electron chi connectivity index (χ4n) is 1.71. The van der Waals surface area contributed by atoms with Crippen LogP contribution in [0.4, 0.5) is 0 Å². The third-order valence-electron chi connectivity index (χ3n) is 2.49. The standard InChI is InChI=1S/C12H8BrNO2S/c13-10-6-5-9(17-10)12-14-11(15)7-3-1-2-4-8(7)16-12/h1-6,12H,(H,14,15)/t12-/m1/s1. The van der Waals surface area contributed by atoms with E-state index in [1.807, 2.05) is 30.3 Å². The minimum Gasteiger partial charge on any atom is -0.465 e. The number of halogens is 1. The molecule has 86 valence electrons. The van der Waals surface area contributed by atoms with Crippen molar-refractivity contribution in [2.75, 3.05) is 0 Å². The zero-order valence-electron chi connectivity index (χ0n) is 8.64. The number of hydrogen-bond acceptors (Lipinski definition) is 3. The molecule has 1 aliphatic heterocycles. The monoisotopic (exact) mass is 309 g/mol. The van der Waals surface area contributed by atoms with E-state index in [0.29, 0.717) is 11.3 Å². The predicted octanol–water partition coefficient (Wildman–Crippen LogP) is 3.33. The Morgan fingerprint density at radius 2 is 2.06 bits per heavy atom. The van der Waals surface area contributed by atoms with Gasteiger partial charge in [0.15, 0.2) is 0 Å². The summed E-state index contributed by atoms with van der Waals surface area (Å²) >= 11 is 4.94. The lowest BCUT2D eigenvalue weighted by atomic mass is 10.1.